The van der Waals surface area contributed by atoms with Crippen molar-refractivity contribution >= 4 is 33.3 Å². The van der Waals surface area contributed by atoms with Gasteiger partial charge in [-0.25, -0.2) is 14.8 Å². The predicted molar refractivity (Wildman–Crippen MR) is 91.1 cm³/mol. The van der Waals surface area contributed by atoms with Gasteiger partial charge in [-0.2, -0.15) is 0 Å². The number of aromatic nitrogens is 2. The third kappa shape index (κ3) is 2.83. The minimum Gasteiger partial charge on any atom is -0.505 e. The summed E-state index contributed by atoms with van der Waals surface area (Å²) >= 11 is 0.917. The molecule has 0 aliphatic carbocycles. The predicted octanol–water partition coefficient (Wildman–Crippen LogP) is 3.28. The Kier molecular flexibility index (Phi) is 4.22. The lowest BCUT2D eigenvalue weighted by Crippen LogP contribution is -2.08. The van der Waals surface area contributed by atoms with Gasteiger partial charge in [-0.1, -0.05) is 12.1 Å². The van der Waals surface area contributed by atoms with Crippen molar-refractivity contribution in [3.63, 3.8) is 0 Å². The van der Waals surface area contributed by atoms with E-state index < -0.39 is 5.97 Å². The van der Waals surface area contributed by atoms with Crippen molar-refractivity contribution in [1.29, 1.82) is 0 Å². The Morgan fingerprint density at radius 3 is 2.62 bits per heavy atom. The summed E-state index contributed by atoms with van der Waals surface area (Å²) in [5.41, 5.74) is 0.996. The Balaban J connectivity index is 1.95. The maximum Gasteiger partial charge on any atom is 0.349 e. The van der Waals surface area contributed by atoms with Crippen molar-refractivity contribution in [1.82, 2.24) is 9.97 Å². The van der Waals surface area contributed by atoms with E-state index >= 15 is 0 Å². The van der Waals surface area contributed by atoms with Gasteiger partial charge >= 0.3 is 5.97 Å². The van der Waals surface area contributed by atoms with Crippen molar-refractivity contribution < 1.29 is 19.7 Å². The van der Waals surface area contributed by atoms with Crippen molar-refractivity contribution in [2.45, 2.75) is 13.0 Å². The van der Waals surface area contributed by atoms with Gasteiger partial charge in [0.15, 0.2) is 10.6 Å². The quantitative estimate of drug-likeness (QED) is 0.652. The second-order valence-electron chi connectivity index (χ2n) is 5.13. The van der Waals surface area contributed by atoms with Crippen LogP contribution in [0.1, 0.15) is 28.2 Å². The number of ether oxygens (including phenoxy) is 1. The number of methoxy groups -OCH3 is 1. The molecule has 2 aromatic heterocycles. The molecular weight excluding hydrogens is 330 g/mol. The number of thiophene rings is 1. The summed E-state index contributed by atoms with van der Waals surface area (Å²) in [5.74, 6) is -0.348. The third-order valence-corrected chi connectivity index (χ3v) is 4.70. The van der Waals surface area contributed by atoms with E-state index in [0.29, 0.717) is 16.0 Å². The molecule has 0 saturated carbocycles. The normalized spacial score (nSPS) is 12.1. The fraction of sp³-hybridized carbons (Fsp3) is 0.188. The topological polar surface area (TPSA) is 105 Å². The van der Waals surface area contributed by atoms with Crippen LogP contribution in [0.4, 0.5) is 5.82 Å². The maximum atomic E-state index is 11.2. The number of benzene rings is 1. The van der Waals surface area contributed by atoms with Crippen LogP contribution in [0.25, 0.3) is 10.2 Å². The number of nitrogens with one attached hydrogen (secondary N) is 1. The molecule has 7 nitrogen and oxygen atoms in total. The van der Waals surface area contributed by atoms with Crippen LogP contribution in [0.3, 0.4) is 0 Å². The molecular formula is C16H15N3O4S. The molecule has 0 radical (unpaired) electrons. The van der Waals surface area contributed by atoms with Gasteiger partial charge in [-0.15, -0.1) is 11.3 Å². The largest absolute Gasteiger partial charge is 0.505 e. The van der Waals surface area contributed by atoms with Crippen LogP contribution in [0.15, 0.2) is 30.6 Å². The number of aromatic hydroxyl groups is 1. The minimum absolute atomic E-state index is 0.110. The maximum absolute atomic E-state index is 11.2. The molecule has 3 N–H and O–H groups in total. The smallest absolute Gasteiger partial charge is 0.349 e. The number of carbonyl (C=O) groups is 1. The molecule has 3 rings (SSSR count). The molecule has 8 heteroatoms. The van der Waals surface area contributed by atoms with Crippen LogP contribution < -0.4 is 10.1 Å². The molecule has 0 aliphatic heterocycles. The summed E-state index contributed by atoms with van der Waals surface area (Å²) < 4.78 is 5.14. The van der Waals surface area contributed by atoms with Crippen LogP contribution in [-0.2, 0) is 0 Å². The second-order valence-corrected chi connectivity index (χ2v) is 6.13. The third-order valence-electron chi connectivity index (χ3n) is 3.63. The van der Waals surface area contributed by atoms with E-state index in [4.69, 9.17) is 9.84 Å². The molecule has 0 bridgehead atoms. The molecule has 0 aliphatic rings. The molecule has 124 valence electrons. The zero-order valence-corrected chi connectivity index (χ0v) is 13.8. The van der Waals surface area contributed by atoms with Gasteiger partial charge in [0, 0.05) is 6.04 Å². The van der Waals surface area contributed by atoms with Crippen LogP contribution in [0, 0.1) is 0 Å². The Morgan fingerprint density at radius 1 is 1.29 bits per heavy atom. The van der Waals surface area contributed by atoms with E-state index in [1.54, 1.807) is 7.11 Å². The number of rotatable bonds is 5. The van der Waals surface area contributed by atoms with Gasteiger partial charge in [0.1, 0.15) is 22.7 Å². The van der Waals surface area contributed by atoms with Gasteiger partial charge < -0.3 is 20.3 Å². The zero-order chi connectivity index (χ0) is 17.3. The van der Waals surface area contributed by atoms with E-state index in [-0.39, 0.29) is 16.7 Å². The molecule has 0 spiro atoms. The highest BCUT2D eigenvalue weighted by atomic mass is 32.1. The average Bonchev–Trinajstić information content (AvgIpc) is 2.93. The molecule has 3 aromatic rings. The first-order valence-electron chi connectivity index (χ1n) is 7.11. The first kappa shape index (κ1) is 16.0. The van der Waals surface area contributed by atoms with Gasteiger partial charge in [-0.3, -0.25) is 0 Å². The summed E-state index contributed by atoms with van der Waals surface area (Å²) in [6.45, 7) is 1.94. The standard InChI is InChI=1S/C16H15N3O4S/c1-8(9-3-5-10(23-2)6-4-9)19-14-11-12(20)13(16(21)22)24-15(11)18-7-17-14/h3-8,20H,1-2H3,(H,21,22)(H,17,18,19). The number of nitrogens with zero attached hydrogens (tertiary/aromatic N) is 2. The Labute approximate surface area is 141 Å². The molecule has 0 fully saturated rings. The number of hydrogen-bond acceptors (Lipinski definition) is 7. The number of aromatic carboxylic acids is 1. The number of carboxylic acid groups (broad SMARTS) is 1. The van der Waals surface area contributed by atoms with E-state index in [0.717, 1.165) is 22.6 Å². The second kappa shape index (κ2) is 6.32. The van der Waals surface area contributed by atoms with Crippen LogP contribution >= 0.6 is 11.3 Å². The molecule has 0 saturated heterocycles. The summed E-state index contributed by atoms with van der Waals surface area (Å²) in [7, 11) is 1.60. The van der Waals surface area contributed by atoms with Crippen molar-refractivity contribution in [2.75, 3.05) is 12.4 Å². The monoisotopic (exact) mass is 345 g/mol. The van der Waals surface area contributed by atoms with Gasteiger partial charge in [0.2, 0.25) is 0 Å². The molecule has 0 amide bonds. The Bertz CT molecular complexity index is 892. The molecule has 24 heavy (non-hydrogen) atoms. The minimum atomic E-state index is -1.19. The van der Waals surface area contributed by atoms with Crippen LogP contribution in [0.2, 0.25) is 0 Å². The van der Waals surface area contributed by atoms with Crippen molar-refractivity contribution in [3.8, 4) is 11.5 Å². The average molecular weight is 345 g/mol. The van der Waals surface area contributed by atoms with Crippen LogP contribution in [0.5, 0.6) is 11.5 Å². The van der Waals surface area contributed by atoms with Gasteiger partial charge in [0.25, 0.3) is 0 Å². The molecule has 2 heterocycles. The zero-order valence-electron chi connectivity index (χ0n) is 13.0. The summed E-state index contributed by atoms with van der Waals surface area (Å²) in [5, 5.41) is 22.8. The van der Waals surface area contributed by atoms with E-state index in [9.17, 15) is 9.90 Å². The lowest BCUT2D eigenvalue weighted by atomic mass is 10.1. The molecule has 1 atom stereocenters. The summed E-state index contributed by atoms with van der Waals surface area (Å²) in [4.78, 5) is 19.6. The highest BCUT2D eigenvalue weighted by Gasteiger charge is 2.22. The lowest BCUT2D eigenvalue weighted by Gasteiger charge is -2.16. The summed E-state index contributed by atoms with van der Waals surface area (Å²) in [6, 6.07) is 7.44. The summed E-state index contributed by atoms with van der Waals surface area (Å²) in [6.07, 6.45) is 1.34. The van der Waals surface area contributed by atoms with E-state index in [2.05, 4.69) is 15.3 Å². The first-order chi connectivity index (χ1) is 11.5. The number of hydrogen-bond donors (Lipinski definition) is 3. The van der Waals surface area contributed by atoms with Crippen molar-refractivity contribution in [2.24, 2.45) is 0 Å². The lowest BCUT2D eigenvalue weighted by molar-refractivity contribution is 0.0699. The van der Waals surface area contributed by atoms with E-state index in [1.165, 1.54) is 6.33 Å². The number of anilines is 1. The highest BCUT2D eigenvalue weighted by molar-refractivity contribution is 7.20. The van der Waals surface area contributed by atoms with Gasteiger partial charge in [-0.05, 0) is 24.6 Å². The fourth-order valence-corrected chi connectivity index (χ4v) is 3.23. The number of carboxylic acids is 1. The molecule has 1 aromatic carbocycles. The SMILES string of the molecule is COc1ccc(C(C)Nc2ncnc3sc(C(=O)O)c(O)c23)cc1. The number of fused-ring (bicyclic) bond motifs is 1. The Hall–Kier alpha value is -2.87. The highest BCUT2D eigenvalue weighted by Crippen LogP contribution is 2.39. The first-order valence-corrected chi connectivity index (χ1v) is 7.93. The van der Waals surface area contributed by atoms with E-state index in [1.807, 2.05) is 31.2 Å². The van der Waals surface area contributed by atoms with Crippen molar-refractivity contribution in [3.05, 3.63) is 41.0 Å². The molecule has 1 unspecified atom stereocenters. The fourth-order valence-electron chi connectivity index (χ4n) is 2.35. The van der Waals surface area contributed by atoms with Gasteiger partial charge in [0.05, 0.1) is 12.5 Å². The van der Waals surface area contributed by atoms with Crippen LogP contribution in [-0.4, -0.2) is 33.3 Å². The Morgan fingerprint density at radius 2 is 2.00 bits per heavy atom.